The summed E-state index contributed by atoms with van der Waals surface area (Å²) in [4.78, 5) is 19.6. The van der Waals surface area contributed by atoms with Crippen LogP contribution < -0.4 is 10.2 Å². The van der Waals surface area contributed by atoms with Gasteiger partial charge in [-0.1, -0.05) is 12.1 Å². The number of methoxy groups -OCH3 is 1. The molecule has 1 aliphatic rings. The van der Waals surface area contributed by atoms with Gasteiger partial charge in [-0.25, -0.2) is 4.98 Å². The van der Waals surface area contributed by atoms with Crippen LogP contribution in [0.3, 0.4) is 0 Å². The molecule has 33 heavy (non-hydrogen) atoms. The van der Waals surface area contributed by atoms with Crippen LogP contribution in [0.1, 0.15) is 33.5 Å². The fraction of sp³-hybridized carbons (Fsp3) is 0.259. The summed E-state index contributed by atoms with van der Waals surface area (Å²) in [6, 6.07) is 18.4. The average Bonchev–Trinajstić information content (AvgIpc) is 3.48. The van der Waals surface area contributed by atoms with Crippen LogP contribution in [0.25, 0.3) is 11.0 Å². The highest BCUT2D eigenvalue weighted by Crippen LogP contribution is 2.36. The summed E-state index contributed by atoms with van der Waals surface area (Å²) in [5, 5.41) is 4.12. The normalized spacial score (nSPS) is 12.8. The van der Waals surface area contributed by atoms with E-state index in [9.17, 15) is 4.79 Å². The van der Waals surface area contributed by atoms with Gasteiger partial charge in [-0.05, 0) is 78.4 Å². The number of rotatable bonds is 8. The van der Waals surface area contributed by atoms with Gasteiger partial charge in [-0.2, -0.15) is 0 Å². The number of nitrogens with zero attached hydrogens (tertiary/aromatic N) is 2. The number of fused-ring (bicyclic) bond motifs is 2. The van der Waals surface area contributed by atoms with Crippen molar-refractivity contribution in [1.29, 1.82) is 0 Å². The third-order valence-electron chi connectivity index (χ3n) is 6.09. The fourth-order valence-electron chi connectivity index (χ4n) is 4.48. The summed E-state index contributed by atoms with van der Waals surface area (Å²) in [6.07, 6.45) is 6.03. The van der Waals surface area contributed by atoms with Crippen molar-refractivity contribution in [2.45, 2.75) is 19.3 Å². The summed E-state index contributed by atoms with van der Waals surface area (Å²) in [7, 11) is 1.67. The molecule has 0 bridgehead atoms. The topological polar surface area (TPSA) is 67.6 Å². The number of ether oxygens (including phenoxy) is 1. The molecule has 0 saturated carbocycles. The lowest BCUT2D eigenvalue weighted by atomic mass is 10.0. The Morgan fingerprint density at radius 1 is 1.15 bits per heavy atom. The van der Waals surface area contributed by atoms with Gasteiger partial charge in [0.15, 0.2) is 0 Å². The van der Waals surface area contributed by atoms with Crippen molar-refractivity contribution >= 4 is 28.4 Å². The Balaban J connectivity index is 1.35. The number of pyridine rings is 1. The molecule has 168 valence electrons. The quantitative estimate of drug-likeness (QED) is 0.395. The summed E-state index contributed by atoms with van der Waals surface area (Å²) >= 11 is 0. The zero-order valence-electron chi connectivity index (χ0n) is 18.7. The van der Waals surface area contributed by atoms with Gasteiger partial charge in [-0.3, -0.25) is 4.79 Å². The maximum absolute atomic E-state index is 12.7. The molecule has 1 amide bonds. The molecular weight excluding hydrogens is 414 g/mol. The second kappa shape index (κ2) is 9.46. The highest BCUT2D eigenvalue weighted by molar-refractivity contribution is 5.98. The van der Waals surface area contributed by atoms with E-state index in [1.54, 1.807) is 13.4 Å². The summed E-state index contributed by atoms with van der Waals surface area (Å²) < 4.78 is 10.5. The number of furan rings is 1. The summed E-state index contributed by atoms with van der Waals surface area (Å²) in [5.41, 5.74) is 6.22. The lowest BCUT2D eigenvalue weighted by molar-refractivity contribution is 0.0948. The zero-order chi connectivity index (χ0) is 22.6. The van der Waals surface area contributed by atoms with Crippen molar-refractivity contribution in [3.8, 4) is 0 Å². The Morgan fingerprint density at radius 3 is 2.97 bits per heavy atom. The first kappa shape index (κ1) is 21.2. The van der Waals surface area contributed by atoms with Gasteiger partial charge in [0.05, 0.1) is 6.26 Å². The highest BCUT2D eigenvalue weighted by atomic mass is 16.5. The lowest BCUT2D eigenvalue weighted by Crippen LogP contribution is -2.26. The van der Waals surface area contributed by atoms with Crippen LogP contribution in [0.15, 0.2) is 71.5 Å². The Bertz CT molecular complexity index is 1280. The first-order valence-corrected chi connectivity index (χ1v) is 11.3. The van der Waals surface area contributed by atoms with Gasteiger partial charge in [0.25, 0.3) is 5.91 Å². The first-order chi connectivity index (χ1) is 16.2. The molecule has 0 saturated heterocycles. The molecule has 2 aromatic carbocycles. The summed E-state index contributed by atoms with van der Waals surface area (Å²) in [6.45, 7) is 2.05. The lowest BCUT2D eigenvalue weighted by Gasteiger charge is -2.19. The van der Waals surface area contributed by atoms with E-state index < -0.39 is 0 Å². The third-order valence-corrected chi connectivity index (χ3v) is 6.09. The number of carbonyl (C=O) groups excluding carboxylic acids is 1. The average molecular weight is 442 g/mol. The van der Waals surface area contributed by atoms with E-state index >= 15 is 0 Å². The minimum atomic E-state index is -0.0267. The molecule has 0 spiro atoms. The van der Waals surface area contributed by atoms with Gasteiger partial charge in [0, 0.05) is 49.6 Å². The smallest absolute Gasteiger partial charge is 0.251 e. The van der Waals surface area contributed by atoms with E-state index in [4.69, 9.17) is 9.15 Å². The molecule has 0 fully saturated rings. The minimum Gasteiger partial charge on any atom is -0.464 e. The second-order valence-corrected chi connectivity index (χ2v) is 8.30. The molecule has 5 rings (SSSR count). The SMILES string of the molecule is COCCCNC(=O)c1cccc2c1CCN2c1cc(Cc2ccc3occc3c2)ccn1. The molecule has 6 nitrogen and oxygen atoms in total. The number of amides is 1. The number of hydrogen-bond acceptors (Lipinski definition) is 5. The van der Waals surface area contributed by atoms with Crippen LogP contribution in [0.5, 0.6) is 0 Å². The number of carbonyl (C=O) groups is 1. The molecule has 2 aromatic heterocycles. The molecule has 0 unspecified atom stereocenters. The summed E-state index contributed by atoms with van der Waals surface area (Å²) in [5.74, 6) is 0.884. The van der Waals surface area contributed by atoms with Crippen LogP contribution in [0, 0.1) is 0 Å². The monoisotopic (exact) mass is 441 g/mol. The Hall–Kier alpha value is -3.64. The Morgan fingerprint density at radius 2 is 2.06 bits per heavy atom. The van der Waals surface area contributed by atoms with Crippen molar-refractivity contribution < 1.29 is 13.9 Å². The maximum Gasteiger partial charge on any atom is 0.251 e. The van der Waals surface area contributed by atoms with E-state index in [1.807, 2.05) is 30.5 Å². The van der Waals surface area contributed by atoms with Crippen molar-refractivity contribution in [3.63, 3.8) is 0 Å². The molecule has 0 atom stereocenters. The van der Waals surface area contributed by atoms with E-state index in [2.05, 4.69) is 45.5 Å². The van der Waals surface area contributed by atoms with Crippen LogP contribution in [0.4, 0.5) is 11.5 Å². The van der Waals surface area contributed by atoms with Gasteiger partial charge in [0.1, 0.15) is 11.4 Å². The van der Waals surface area contributed by atoms with Crippen LogP contribution in [-0.2, 0) is 17.6 Å². The number of hydrogen-bond donors (Lipinski definition) is 1. The van der Waals surface area contributed by atoms with Gasteiger partial charge in [-0.15, -0.1) is 0 Å². The van der Waals surface area contributed by atoms with Crippen LogP contribution in [-0.4, -0.2) is 37.7 Å². The molecule has 1 aliphatic heterocycles. The van der Waals surface area contributed by atoms with E-state index in [0.29, 0.717) is 13.2 Å². The number of nitrogens with one attached hydrogen (secondary N) is 1. The van der Waals surface area contributed by atoms with Gasteiger partial charge >= 0.3 is 0 Å². The molecule has 1 N–H and O–H groups in total. The largest absolute Gasteiger partial charge is 0.464 e. The van der Waals surface area contributed by atoms with Crippen molar-refractivity contribution in [2.24, 2.45) is 0 Å². The van der Waals surface area contributed by atoms with Gasteiger partial charge in [0.2, 0.25) is 0 Å². The second-order valence-electron chi connectivity index (χ2n) is 8.30. The Labute approximate surface area is 193 Å². The molecule has 0 aliphatic carbocycles. The highest BCUT2D eigenvalue weighted by Gasteiger charge is 2.26. The molecule has 3 heterocycles. The minimum absolute atomic E-state index is 0.0267. The van der Waals surface area contributed by atoms with Crippen molar-refractivity contribution in [2.75, 3.05) is 31.7 Å². The fourth-order valence-corrected chi connectivity index (χ4v) is 4.48. The molecule has 4 aromatic rings. The van der Waals surface area contributed by atoms with E-state index in [-0.39, 0.29) is 5.91 Å². The predicted molar refractivity (Wildman–Crippen MR) is 129 cm³/mol. The van der Waals surface area contributed by atoms with Crippen molar-refractivity contribution in [3.05, 3.63) is 89.3 Å². The van der Waals surface area contributed by atoms with E-state index in [1.165, 1.54) is 11.1 Å². The van der Waals surface area contributed by atoms with Gasteiger partial charge < -0.3 is 19.4 Å². The van der Waals surface area contributed by atoms with Crippen LogP contribution in [0.2, 0.25) is 0 Å². The van der Waals surface area contributed by atoms with Crippen molar-refractivity contribution in [1.82, 2.24) is 10.3 Å². The first-order valence-electron chi connectivity index (χ1n) is 11.3. The zero-order valence-corrected chi connectivity index (χ0v) is 18.7. The molecular formula is C27H27N3O3. The van der Waals surface area contributed by atoms with E-state index in [0.717, 1.165) is 59.4 Å². The number of anilines is 2. The number of benzene rings is 2. The van der Waals surface area contributed by atoms with Crippen LogP contribution >= 0.6 is 0 Å². The predicted octanol–water partition coefficient (Wildman–Crippen LogP) is 4.88. The maximum atomic E-state index is 12.7. The molecule has 0 radical (unpaired) electrons. The number of aromatic nitrogens is 1. The Kier molecular flexibility index (Phi) is 6.09. The molecule has 6 heteroatoms. The standard InChI is InChI=1S/C27H27N3O3/c1-32-14-3-11-29-27(31)23-4-2-5-24-22(23)9-13-30(24)26-18-20(8-12-28-26)16-19-6-7-25-21(17-19)10-15-33-25/h2,4-8,10,12,15,17-18H,3,9,11,13-14,16H2,1H3,(H,29,31). The third kappa shape index (κ3) is 4.47.